The molecule has 2 heterocycles. The SMILES string of the molecule is O=C(Nc1cccc(C#Cc2ccccn2)c1)c1cc(=O)[nH]c2ccccc12. The monoisotopic (exact) mass is 365 g/mol. The number of fused-ring (bicyclic) bond motifs is 1. The smallest absolute Gasteiger partial charge is 0.256 e. The summed E-state index contributed by atoms with van der Waals surface area (Å²) in [5, 5.41) is 3.53. The first-order chi connectivity index (χ1) is 13.7. The Morgan fingerprint density at radius 1 is 0.929 bits per heavy atom. The van der Waals surface area contributed by atoms with Crippen LogP contribution in [-0.4, -0.2) is 15.9 Å². The van der Waals surface area contributed by atoms with Crippen molar-refractivity contribution < 1.29 is 4.79 Å². The van der Waals surface area contributed by atoms with E-state index in [0.29, 0.717) is 27.8 Å². The van der Waals surface area contributed by atoms with Crippen molar-refractivity contribution in [1.29, 1.82) is 0 Å². The number of para-hydroxylation sites is 1. The van der Waals surface area contributed by atoms with Gasteiger partial charge in [-0.15, -0.1) is 0 Å². The molecule has 5 nitrogen and oxygen atoms in total. The molecular formula is C23H15N3O2. The predicted octanol–water partition coefficient (Wildman–Crippen LogP) is 3.58. The van der Waals surface area contributed by atoms with Crippen molar-refractivity contribution in [3.05, 3.63) is 106 Å². The van der Waals surface area contributed by atoms with Gasteiger partial charge in [-0.25, -0.2) is 4.98 Å². The normalized spacial score (nSPS) is 10.1. The van der Waals surface area contributed by atoms with E-state index < -0.39 is 0 Å². The van der Waals surface area contributed by atoms with Gasteiger partial charge in [-0.1, -0.05) is 36.3 Å². The lowest BCUT2D eigenvalue weighted by molar-refractivity contribution is 0.102. The molecule has 0 fully saturated rings. The van der Waals surface area contributed by atoms with Crippen LogP contribution in [0, 0.1) is 11.8 Å². The number of aromatic nitrogens is 2. The average molecular weight is 365 g/mol. The third-order valence-electron chi connectivity index (χ3n) is 4.12. The average Bonchev–Trinajstić information content (AvgIpc) is 2.72. The first-order valence-electron chi connectivity index (χ1n) is 8.65. The number of carbonyl (C=O) groups excluding carboxylic acids is 1. The highest BCUT2D eigenvalue weighted by Crippen LogP contribution is 2.17. The Morgan fingerprint density at radius 3 is 2.64 bits per heavy atom. The molecule has 4 rings (SSSR count). The van der Waals surface area contributed by atoms with Gasteiger partial charge in [0.05, 0.1) is 5.56 Å². The largest absolute Gasteiger partial charge is 0.322 e. The van der Waals surface area contributed by atoms with Gasteiger partial charge in [0.15, 0.2) is 0 Å². The van der Waals surface area contributed by atoms with Gasteiger partial charge in [-0.05, 0) is 42.3 Å². The molecule has 134 valence electrons. The summed E-state index contributed by atoms with van der Waals surface area (Å²) in [5.41, 5.74) is 2.65. The third-order valence-corrected chi connectivity index (χ3v) is 4.12. The second-order valence-corrected chi connectivity index (χ2v) is 6.09. The summed E-state index contributed by atoms with van der Waals surface area (Å²) >= 11 is 0. The molecule has 0 saturated heterocycles. The predicted molar refractivity (Wildman–Crippen MR) is 109 cm³/mol. The molecule has 0 aliphatic carbocycles. The molecule has 0 unspecified atom stereocenters. The number of rotatable bonds is 2. The quantitative estimate of drug-likeness (QED) is 0.533. The van der Waals surface area contributed by atoms with E-state index in [1.54, 1.807) is 30.5 Å². The zero-order valence-corrected chi connectivity index (χ0v) is 14.8. The van der Waals surface area contributed by atoms with Crippen LogP contribution in [0.15, 0.2) is 83.8 Å². The van der Waals surface area contributed by atoms with Gasteiger partial charge in [0.1, 0.15) is 5.69 Å². The van der Waals surface area contributed by atoms with Crippen molar-refractivity contribution in [2.24, 2.45) is 0 Å². The number of hydrogen-bond donors (Lipinski definition) is 2. The van der Waals surface area contributed by atoms with E-state index in [1.807, 2.05) is 42.5 Å². The maximum atomic E-state index is 12.8. The molecule has 28 heavy (non-hydrogen) atoms. The fourth-order valence-electron chi connectivity index (χ4n) is 2.84. The second-order valence-electron chi connectivity index (χ2n) is 6.09. The minimum absolute atomic E-state index is 0.321. The van der Waals surface area contributed by atoms with Gasteiger partial charge in [-0.3, -0.25) is 9.59 Å². The van der Waals surface area contributed by atoms with Crippen LogP contribution in [-0.2, 0) is 0 Å². The molecule has 0 atom stereocenters. The number of nitrogens with one attached hydrogen (secondary N) is 2. The van der Waals surface area contributed by atoms with Gasteiger partial charge in [-0.2, -0.15) is 0 Å². The molecule has 0 saturated carbocycles. The summed E-state index contributed by atoms with van der Waals surface area (Å²) in [4.78, 5) is 31.5. The molecule has 4 aromatic rings. The molecule has 2 aromatic carbocycles. The lowest BCUT2D eigenvalue weighted by atomic mass is 10.1. The van der Waals surface area contributed by atoms with Crippen molar-refractivity contribution in [2.75, 3.05) is 5.32 Å². The van der Waals surface area contributed by atoms with Gasteiger partial charge in [0.2, 0.25) is 5.56 Å². The molecule has 5 heteroatoms. The zero-order valence-electron chi connectivity index (χ0n) is 14.8. The lowest BCUT2D eigenvalue weighted by Crippen LogP contribution is -2.16. The Labute approximate surface area is 161 Å². The summed E-state index contributed by atoms with van der Waals surface area (Å²) in [7, 11) is 0. The van der Waals surface area contributed by atoms with E-state index in [9.17, 15) is 9.59 Å². The molecule has 2 N–H and O–H groups in total. The van der Waals surface area contributed by atoms with Crippen molar-refractivity contribution in [3.8, 4) is 11.8 Å². The second kappa shape index (κ2) is 7.60. The van der Waals surface area contributed by atoms with Gasteiger partial charge in [0, 0.05) is 34.4 Å². The van der Waals surface area contributed by atoms with Crippen LogP contribution in [0.5, 0.6) is 0 Å². The molecule has 0 spiro atoms. The highest BCUT2D eigenvalue weighted by atomic mass is 16.2. The van der Waals surface area contributed by atoms with Gasteiger partial charge < -0.3 is 10.3 Å². The van der Waals surface area contributed by atoms with E-state index in [4.69, 9.17) is 0 Å². The number of H-pyrrole nitrogens is 1. The number of anilines is 1. The number of benzene rings is 2. The lowest BCUT2D eigenvalue weighted by Gasteiger charge is -2.08. The number of pyridine rings is 2. The fraction of sp³-hybridized carbons (Fsp3) is 0. The number of amides is 1. The summed E-state index contributed by atoms with van der Waals surface area (Å²) < 4.78 is 0. The minimum atomic E-state index is -0.350. The Hall–Kier alpha value is -4.17. The van der Waals surface area contributed by atoms with Crippen LogP contribution < -0.4 is 10.9 Å². The van der Waals surface area contributed by atoms with E-state index in [2.05, 4.69) is 27.1 Å². The maximum Gasteiger partial charge on any atom is 0.256 e. The maximum absolute atomic E-state index is 12.8. The van der Waals surface area contributed by atoms with Crippen molar-refractivity contribution in [2.45, 2.75) is 0 Å². The van der Waals surface area contributed by atoms with Crippen LogP contribution >= 0.6 is 0 Å². The highest BCUT2D eigenvalue weighted by Gasteiger charge is 2.12. The van der Waals surface area contributed by atoms with Crippen LogP contribution in [0.1, 0.15) is 21.6 Å². The van der Waals surface area contributed by atoms with Crippen molar-refractivity contribution in [3.63, 3.8) is 0 Å². The molecule has 0 aliphatic rings. The van der Waals surface area contributed by atoms with Crippen LogP contribution in [0.2, 0.25) is 0 Å². The summed E-state index contributed by atoms with van der Waals surface area (Å²) in [6.45, 7) is 0. The number of hydrogen-bond acceptors (Lipinski definition) is 3. The molecule has 0 radical (unpaired) electrons. The van der Waals surface area contributed by atoms with Gasteiger partial charge in [0.25, 0.3) is 5.91 Å². The summed E-state index contributed by atoms with van der Waals surface area (Å²) in [5.74, 6) is 5.67. The van der Waals surface area contributed by atoms with E-state index >= 15 is 0 Å². The Bertz CT molecular complexity index is 1280. The fourth-order valence-corrected chi connectivity index (χ4v) is 2.84. The molecular weight excluding hydrogens is 350 g/mol. The first-order valence-corrected chi connectivity index (χ1v) is 8.65. The molecule has 0 bridgehead atoms. The number of aromatic amines is 1. The van der Waals surface area contributed by atoms with E-state index in [0.717, 1.165) is 5.56 Å². The molecule has 2 aromatic heterocycles. The van der Waals surface area contributed by atoms with Gasteiger partial charge >= 0.3 is 0 Å². The third kappa shape index (κ3) is 3.81. The standard InChI is InChI=1S/C23H15N3O2/c27-22-15-20(19-9-1-2-10-21(19)26-22)23(28)25-18-8-5-6-16(14-18)11-12-17-7-3-4-13-24-17/h1-10,13-15H,(H,25,28)(H,26,27). The molecule has 0 aliphatic heterocycles. The Morgan fingerprint density at radius 2 is 1.79 bits per heavy atom. The Balaban J connectivity index is 1.61. The van der Waals surface area contributed by atoms with Crippen molar-refractivity contribution >= 4 is 22.5 Å². The van der Waals surface area contributed by atoms with Crippen molar-refractivity contribution in [1.82, 2.24) is 9.97 Å². The summed E-state index contributed by atoms with van der Waals surface area (Å²) in [6.07, 6.45) is 1.69. The van der Waals surface area contributed by atoms with Crippen LogP contribution in [0.4, 0.5) is 5.69 Å². The Kier molecular flexibility index (Phi) is 4.68. The number of nitrogens with zero attached hydrogens (tertiary/aromatic N) is 1. The zero-order chi connectivity index (χ0) is 19.3. The molecule has 1 amide bonds. The number of carbonyl (C=O) groups is 1. The topological polar surface area (TPSA) is 74.8 Å². The van der Waals surface area contributed by atoms with E-state index in [1.165, 1.54) is 6.07 Å². The highest BCUT2D eigenvalue weighted by molar-refractivity contribution is 6.12. The van der Waals surface area contributed by atoms with E-state index in [-0.39, 0.29) is 11.5 Å². The first kappa shape index (κ1) is 17.3. The summed E-state index contributed by atoms with van der Waals surface area (Å²) in [6, 6.07) is 21.3. The minimum Gasteiger partial charge on any atom is -0.322 e. The van der Waals surface area contributed by atoms with Crippen LogP contribution in [0.3, 0.4) is 0 Å². The van der Waals surface area contributed by atoms with Crippen LogP contribution in [0.25, 0.3) is 10.9 Å².